The minimum Gasteiger partial charge on any atom is -0.480 e. The average Bonchev–Trinajstić information content (AvgIpc) is 2.45. The minimum absolute atomic E-state index is 0.0623. The Hall–Kier alpha value is -1.26. The summed E-state index contributed by atoms with van der Waals surface area (Å²) in [5.41, 5.74) is -1.11. The molecule has 0 aromatic carbocycles. The first-order valence-electron chi connectivity index (χ1n) is 9.32. The number of nitrogens with one attached hydrogen (secondary N) is 2. The predicted octanol–water partition coefficient (Wildman–Crippen LogP) is 3.04. The molecule has 0 unspecified atom stereocenters. The molecule has 5 aliphatic rings. The van der Waals surface area contributed by atoms with Gasteiger partial charge in [0.25, 0.3) is 0 Å². The van der Waals surface area contributed by atoms with Crippen LogP contribution in [0.25, 0.3) is 0 Å². The first kappa shape index (κ1) is 15.3. The minimum atomic E-state index is -1.05. The Morgan fingerprint density at radius 2 is 1.35 bits per heavy atom. The van der Waals surface area contributed by atoms with Gasteiger partial charge in [-0.05, 0) is 69.1 Å². The molecule has 0 aromatic heterocycles. The summed E-state index contributed by atoms with van der Waals surface area (Å²) in [6.45, 7) is 0. The Bertz CT molecular complexity index is 475. The highest BCUT2D eigenvalue weighted by Gasteiger charge is 2.52. The molecular formula is C18H28N2O3. The van der Waals surface area contributed by atoms with Crippen LogP contribution in [0.5, 0.6) is 0 Å². The molecule has 0 aliphatic heterocycles. The van der Waals surface area contributed by atoms with Crippen LogP contribution in [-0.2, 0) is 4.79 Å². The molecule has 0 heterocycles. The number of aliphatic carboxylic acids is 1. The molecule has 128 valence electrons. The fourth-order valence-electron chi connectivity index (χ4n) is 6.30. The number of urea groups is 1. The van der Waals surface area contributed by atoms with Gasteiger partial charge in [-0.2, -0.15) is 0 Å². The number of carboxylic acid groups (broad SMARTS) is 1. The van der Waals surface area contributed by atoms with Gasteiger partial charge in [-0.15, -0.1) is 0 Å². The van der Waals surface area contributed by atoms with E-state index < -0.39 is 11.5 Å². The van der Waals surface area contributed by atoms with Crippen molar-refractivity contribution in [1.29, 1.82) is 0 Å². The van der Waals surface area contributed by atoms with E-state index in [9.17, 15) is 14.7 Å². The maximum absolute atomic E-state index is 12.6. The lowest BCUT2D eigenvalue weighted by Gasteiger charge is -2.57. The molecule has 5 saturated carbocycles. The molecule has 5 rings (SSSR count). The molecule has 5 aliphatic carbocycles. The van der Waals surface area contributed by atoms with Gasteiger partial charge in [0.1, 0.15) is 5.54 Å². The molecule has 0 atom stereocenters. The third-order valence-electron chi connectivity index (χ3n) is 6.89. The topological polar surface area (TPSA) is 78.4 Å². The molecule has 0 saturated heterocycles. The van der Waals surface area contributed by atoms with Crippen LogP contribution in [0, 0.1) is 17.8 Å². The molecule has 0 spiro atoms. The maximum atomic E-state index is 12.6. The average molecular weight is 320 g/mol. The summed E-state index contributed by atoms with van der Waals surface area (Å²) in [7, 11) is 0. The Balaban J connectivity index is 1.44. The monoisotopic (exact) mass is 320 g/mol. The second-order valence-electron chi connectivity index (χ2n) is 8.72. The number of hydrogen-bond acceptors (Lipinski definition) is 2. The van der Waals surface area contributed by atoms with E-state index in [0.717, 1.165) is 56.3 Å². The smallest absolute Gasteiger partial charge is 0.329 e. The Labute approximate surface area is 137 Å². The van der Waals surface area contributed by atoms with Crippen LogP contribution >= 0.6 is 0 Å². The van der Waals surface area contributed by atoms with Crippen LogP contribution in [0.15, 0.2) is 0 Å². The van der Waals surface area contributed by atoms with E-state index in [1.165, 1.54) is 19.3 Å². The molecule has 5 nitrogen and oxygen atoms in total. The molecule has 0 radical (unpaired) electrons. The summed E-state index contributed by atoms with van der Waals surface area (Å²) in [5, 5.41) is 15.7. The molecule has 4 bridgehead atoms. The summed E-state index contributed by atoms with van der Waals surface area (Å²) in [5.74, 6) is 1.43. The van der Waals surface area contributed by atoms with Gasteiger partial charge in [-0.3, -0.25) is 0 Å². The van der Waals surface area contributed by atoms with Crippen molar-refractivity contribution < 1.29 is 14.7 Å². The highest BCUT2D eigenvalue weighted by molar-refractivity contribution is 5.86. The number of carbonyl (C=O) groups excluding carboxylic acids is 1. The number of carboxylic acids is 1. The molecule has 5 fully saturated rings. The molecular weight excluding hydrogens is 292 g/mol. The fraction of sp³-hybridized carbons (Fsp3) is 0.889. The molecule has 0 aromatic rings. The molecule has 5 heteroatoms. The normalized spacial score (nSPS) is 40.6. The number of rotatable bonds is 3. The van der Waals surface area contributed by atoms with Crippen LogP contribution in [0.3, 0.4) is 0 Å². The predicted molar refractivity (Wildman–Crippen MR) is 86.0 cm³/mol. The van der Waals surface area contributed by atoms with Gasteiger partial charge in [0, 0.05) is 5.54 Å². The van der Waals surface area contributed by atoms with Crippen molar-refractivity contribution in [2.75, 3.05) is 0 Å². The van der Waals surface area contributed by atoms with Gasteiger partial charge in [0.15, 0.2) is 0 Å². The van der Waals surface area contributed by atoms with E-state index >= 15 is 0 Å². The van der Waals surface area contributed by atoms with Gasteiger partial charge in [-0.1, -0.05) is 19.3 Å². The number of carbonyl (C=O) groups is 2. The first-order valence-corrected chi connectivity index (χ1v) is 9.32. The van der Waals surface area contributed by atoms with E-state index in [1.54, 1.807) is 0 Å². The standard InChI is InChI=1S/C18H28N2O3/c21-15(22)18(4-2-1-3-5-18)20-16(23)19-17-9-12-6-13(10-17)8-14(7-12)11-17/h12-14H,1-11H2,(H,21,22)(H2,19,20,23). The van der Waals surface area contributed by atoms with E-state index in [0.29, 0.717) is 12.8 Å². The van der Waals surface area contributed by atoms with Gasteiger partial charge in [0.2, 0.25) is 0 Å². The summed E-state index contributed by atoms with van der Waals surface area (Å²) >= 11 is 0. The van der Waals surface area contributed by atoms with Gasteiger partial charge in [0.05, 0.1) is 0 Å². The Morgan fingerprint density at radius 3 is 1.83 bits per heavy atom. The van der Waals surface area contributed by atoms with Crippen LogP contribution in [0.1, 0.15) is 70.6 Å². The lowest BCUT2D eigenvalue weighted by Crippen LogP contribution is -2.65. The van der Waals surface area contributed by atoms with E-state index in [1.807, 2.05) is 0 Å². The van der Waals surface area contributed by atoms with Crippen LogP contribution < -0.4 is 10.6 Å². The Morgan fingerprint density at radius 1 is 0.826 bits per heavy atom. The number of amides is 2. The summed E-state index contributed by atoms with van der Waals surface area (Å²) < 4.78 is 0. The fourth-order valence-corrected chi connectivity index (χ4v) is 6.30. The van der Waals surface area contributed by atoms with Gasteiger partial charge < -0.3 is 15.7 Å². The highest BCUT2D eigenvalue weighted by Crippen LogP contribution is 2.55. The van der Waals surface area contributed by atoms with Crippen molar-refractivity contribution in [3.63, 3.8) is 0 Å². The van der Waals surface area contributed by atoms with Crippen LogP contribution in [-0.4, -0.2) is 28.2 Å². The third-order valence-corrected chi connectivity index (χ3v) is 6.89. The van der Waals surface area contributed by atoms with Crippen molar-refractivity contribution >= 4 is 12.0 Å². The van der Waals surface area contributed by atoms with E-state index in [-0.39, 0.29) is 11.6 Å². The second kappa shape index (κ2) is 5.38. The zero-order chi connectivity index (χ0) is 16.1. The summed E-state index contributed by atoms with van der Waals surface area (Å²) in [6.07, 6.45) is 11.2. The van der Waals surface area contributed by atoms with Crippen molar-refractivity contribution in [1.82, 2.24) is 10.6 Å². The van der Waals surface area contributed by atoms with Crippen molar-refractivity contribution in [2.45, 2.75) is 81.7 Å². The Kier molecular flexibility index (Phi) is 3.58. The number of hydrogen-bond donors (Lipinski definition) is 3. The lowest BCUT2D eigenvalue weighted by atomic mass is 9.53. The largest absolute Gasteiger partial charge is 0.480 e. The highest BCUT2D eigenvalue weighted by atomic mass is 16.4. The zero-order valence-corrected chi connectivity index (χ0v) is 13.8. The maximum Gasteiger partial charge on any atom is 0.329 e. The molecule has 23 heavy (non-hydrogen) atoms. The van der Waals surface area contributed by atoms with Gasteiger partial charge >= 0.3 is 12.0 Å². The third kappa shape index (κ3) is 2.72. The summed E-state index contributed by atoms with van der Waals surface area (Å²) in [6, 6.07) is -0.253. The van der Waals surface area contributed by atoms with Crippen molar-refractivity contribution in [2.24, 2.45) is 17.8 Å². The van der Waals surface area contributed by atoms with Crippen LogP contribution in [0.2, 0.25) is 0 Å². The first-order chi connectivity index (χ1) is 11.0. The summed E-state index contributed by atoms with van der Waals surface area (Å²) in [4.78, 5) is 24.4. The van der Waals surface area contributed by atoms with Crippen molar-refractivity contribution in [3.8, 4) is 0 Å². The van der Waals surface area contributed by atoms with E-state index in [2.05, 4.69) is 10.6 Å². The quantitative estimate of drug-likeness (QED) is 0.748. The van der Waals surface area contributed by atoms with Crippen molar-refractivity contribution in [3.05, 3.63) is 0 Å². The molecule has 2 amide bonds. The molecule has 3 N–H and O–H groups in total. The van der Waals surface area contributed by atoms with E-state index in [4.69, 9.17) is 0 Å². The van der Waals surface area contributed by atoms with Gasteiger partial charge in [-0.25, -0.2) is 9.59 Å². The SMILES string of the molecule is O=C(NC12CC3CC(CC(C3)C1)C2)NC1(C(=O)O)CCCCC1. The zero-order valence-electron chi connectivity index (χ0n) is 13.8. The van der Waals surface area contributed by atoms with Crippen LogP contribution in [0.4, 0.5) is 4.79 Å². The lowest BCUT2D eigenvalue weighted by molar-refractivity contribution is -0.145. The second-order valence-corrected chi connectivity index (χ2v) is 8.72.